The third-order valence-electron chi connectivity index (χ3n) is 7.29. The minimum Gasteiger partial charge on any atom is -0.493 e. The van der Waals surface area contributed by atoms with Crippen LogP contribution in [-0.4, -0.2) is 72.2 Å². The third-order valence-corrected chi connectivity index (χ3v) is 7.82. The highest BCUT2D eigenvalue weighted by Gasteiger charge is 2.45. The normalized spacial score (nSPS) is 21.0. The van der Waals surface area contributed by atoms with E-state index in [-0.39, 0.29) is 51.5 Å². The number of aromatic nitrogens is 4. The number of aryl methyl sites for hydroxylation is 1. The van der Waals surface area contributed by atoms with Gasteiger partial charge in [0.25, 0.3) is 0 Å². The molecule has 14 heteroatoms. The summed E-state index contributed by atoms with van der Waals surface area (Å²) in [4.78, 5) is 20.9. The molecule has 3 atom stereocenters. The number of halogens is 4. The Balaban J connectivity index is 1.52. The standard InChI is InChI=1S/C24H20Cl2F2N6O4/c1-33-20-9(6-30-33)2-4-11(27)14(20)15-17(25)21(16-19(18(15)28)31-23(26)32-22(16)35)38-8-12-13-5-3-10(7-29-12)34(13)24(36)37/h2,4,6,10,12-13,29H,3,5,7-8H2,1H3,(H,36,37)(H,31,32,35)/t10-,12+,13+/m0/s1. The molecule has 0 spiro atoms. The Kier molecular flexibility index (Phi) is 5.93. The molecule has 0 radical (unpaired) electrons. The van der Waals surface area contributed by atoms with Gasteiger partial charge in [0.2, 0.25) is 11.2 Å². The van der Waals surface area contributed by atoms with Gasteiger partial charge in [-0.2, -0.15) is 10.1 Å². The number of hydrogen-bond donors (Lipinski definition) is 3. The summed E-state index contributed by atoms with van der Waals surface area (Å²) in [6.07, 6.45) is 1.84. The van der Waals surface area contributed by atoms with E-state index in [1.807, 2.05) is 0 Å². The summed E-state index contributed by atoms with van der Waals surface area (Å²) >= 11 is 12.6. The fraction of sp³-hybridized carbons (Fsp3) is 0.333. The molecule has 1 amide bonds. The summed E-state index contributed by atoms with van der Waals surface area (Å²) < 4.78 is 38.9. The SMILES string of the molecule is Cn1ncc2ccc(F)c(-c3c(Cl)c(OC[C@H]4NC[C@@H]5CC[C@H]4N5C(=O)O)c4c(O)nc(Cl)nc4c3F)c21. The second-order valence-electron chi connectivity index (χ2n) is 9.31. The molecule has 0 unspecified atom stereocenters. The fourth-order valence-corrected chi connectivity index (χ4v) is 6.13. The van der Waals surface area contributed by atoms with Gasteiger partial charge < -0.3 is 20.3 Å². The lowest BCUT2D eigenvalue weighted by molar-refractivity contribution is 0.0785. The molecule has 2 aromatic carbocycles. The van der Waals surface area contributed by atoms with Gasteiger partial charge in [-0.3, -0.25) is 9.58 Å². The average molecular weight is 565 g/mol. The third kappa shape index (κ3) is 3.69. The first-order valence-electron chi connectivity index (χ1n) is 11.7. The number of carbonyl (C=O) groups is 1. The van der Waals surface area contributed by atoms with Crippen LogP contribution in [0.25, 0.3) is 32.9 Å². The molecule has 2 aliphatic heterocycles. The van der Waals surface area contributed by atoms with Crippen molar-refractivity contribution in [1.82, 2.24) is 30.0 Å². The van der Waals surface area contributed by atoms with Crippen LogP contribution in [-0.2, 0) is 7.05 Å². The van der Waals surface area contributed by atoms with E-state index in [0.29, 0.717) is 24.8 Å². The van der Waals surface area contributed by atoms with Crippen molar-refractivity contribution in [3.8, 4) is 22.8 Å². The molecule has 2 bridgehead atoms. The summed E-state index contributed by atoms with van der Waals surface area (Å²) in [6, 6.07) is 1.78. The number of nitrogens with one attached hydrogen (secondary N) is 1. The first-order valence-corrected chi connectivity index (χ1v) is 12.5. The molecular weight excluding hydrogens is 545 g/mol. The maximum Gasteiger partial charge on any atom is 0.407 e. The maximum atomic E-state index is 16.1. The van der Waals surface area contributed by atoms with Crippen molar-refractivity contribution in [1.29, 1.82) is 0 Å². The number of carboxylic acid groups (broad SMARTS) is 1. The second kappa shape index (κ2) is 9.07. The van der Waals surface area contributed by atoms with Gasteiger partial charge in [-0.05, 0) is 36.6 Å². The molecule has 2 aromatic heterocycles. The molecule has 4 aromatic rings. The lowest BCUT2D eigenvalue weighted by Gasteiger charge is -2.38. The van der Waals surface area contributed by atoms with Gasteiger partial charge in [0.15, 0.2) is 11.6 Å². The Morgan fingerprint density at radius 2 is 2.03 bits per heavy atom. The molecule has 10 nitrogen and oxygen atoms in total. The zero-order valence-corrected chi connectivity index (χ0v) is 21.3. The molecule has 38 heavy (non-hydrogen) atoms. The van der Waals surface area contributed by atoms with Crippen LogP contribution in [0.5, 0.6) is 11.6 Å². The summed E-state index contributed by atoms with van der Waals surface area (Å²) in [7, 11) is 1.58. The molecule has 4 heterocycles. The van der Waals surface area contributed by atoms with E-state index >= 15 is 8.78 Å². The highest BCUT2D eigenvalue weighted by Crippen LogP contribution is 2.48. The van der Waals surface area contributed by atoms with E-state index in [4.69, 9.17) is 27.9 Å². The molecule has 0 saturated carbocycles. The molecule has 2 fully saturated rings. The van der Waals surface area contributed by atoms with Crippen LogP contribution in [0.2, 0.25) is 10.3 Å². The number of benzene rings is 2. The second-order valence-corrected chi connectivity index (χ2v) is 10.0. The first-order chi connectivity index (χ1) is 18.2. The van der Waals surface area contributed by atoms with Crippen molar-refractivity contribution >= 4 is 51.1 Å². The van der Waals surface area contributed by atoms with E-state index in [1.54, 1.807) is 7.05 Å². The van der Waals surface area contributed by atoms with Gasteiger partial charge in [-0.1, -0.05) is 11.6 Å². The number of hydrogen-bond acceptors (Lipinski definition) is 7. The number of fused-ring (bicyclic) bond motifs is 4. The number of rotatable bonds is 4. The van der Waals surface area contributed by atoms with Crippen molar-refractivity contribution < 1.29 is 28.5 Å². The van der Waals surface area contributed by atoms with Crippen molar-refractivity contribution in [3.63, 3.8) is 0 Å². The summed E-state index contributed by atoms with van der Waals surface area (Å²) in [5.41, 5.74) is -0.652. The van der Waals surface area contributed by atoms with Crippen LogP contribution in [0.1, 0.15) is 12.8 Å². The Hall–Kier alpha value is -3.48. The van der Waals surface area contributed by atoms with E-state index in [9.17, 15) is 15.0 Å². The predicted octanol–water partition coefficient (Wildman–Crippen LogP) is 4.34. The lowest BCUT2D eigenvalue weighted by atomic mass is 9.99. The van der Waals surface area contributed by atoms with E-state index < -0.39 is 40.4 Å². The number of aromatic hydroxyl groups is 1. The Bertz CT molecular complexity index is 1630. The van der Waals surface area contributed by atoms with Gasteiger partial charge in [0, 0.05) is 36.1 Å². The minimum absolute atomic E-state index is 0.0818. The number of ether oxygens (including phenoxy) is 1. The van der Waals surface area contributed by atoms with Crippen molar-refractivity contribution in [2.75, 3.05) is 13.2 Å². The summed E-state index contributed by atoms with van der Waals surface area (Å²) in [5.74, 6) is -2.66. The van der Waals surface area contributed by atoms with Crippen molar-refractivity contribution in [2.45, 2.75) is 31.0 Å². The summed E-state index contributed by atoms with van der Waals surface area (Å²) in [5, 5.41) is 27.3. The van der Waals surface area contributed by atoms with Gasteiger partial charge in [-0.25, -0.2) is 18.6 Å². The van der Waals surface area contributed by atoms with Crippen LogP contribution >= 0.6 is 23.2 Å². The smallest absolute Gasteiger partial charge is 0.407 e. The fourth-order valence-electron chi connectivity index (χ4n) is 5.64. The number of nitrogens with zero attached hydrogens (tertiary/aromatic N) is 5. The van der Waals surface area contributed by atoms with Crippen LogP contribution in [0.4, 0.5) is 13.6 Å². The van der Waals surface area contributed by atoms with Gasteiger partial charge >= 0.3 is 6.09 Å². The molecule has 3 N–H and O–H groups in total. The van der Waals surface area contributed by atoms with Gasteiger partial charge in [0.05, 0.1) is 28.8 Å². The Morgan fingerprint density at radius 1 is 1.24 bits per heavy atom. The number of amides is 1. The Morgan fingerprint density at radius 3 is 2.79 bits per heavy atom. The monoisotopic (exact) mass is 564 g/mol. The summed E-state index contributed by atoms with van der Waals surface area (Å²) in [6.45, 7) is 0.360. The molecule has 2 aliphatic rings. The van der Waals surface area contributed by atoms with Crippen LogP contribution in [0.3, 0.4) is 0 Å². The van der Waals surface area contributed by atoms with Crippen molar-refractivity contribution in [2.24, 2.45) is 7.05 Å². The van der Waals surface area contributed by atoms with Gasteiger partial charge in [0.1, 0.15) is 23.3 Å². The van der Waals surface area contributed by atoms with E-state index in [1.165, 1.54) is 27.9 Å². The molecular formula is C24H20Cl2F2N6O4. The highest BCUT2D eigenvalue weighted by molar-refractivity contribution is 6.37. The van der Waals surface area contributed by atoms with Crippen LogP contribution < -0.4 is 10.1 Å². The molecule has 198 valence electrons. The van der Waals surface area contributed by atoms with E-state index in [2.05, 4.69) is 20.4 Å². The predicted molar refractivity (Wildman–Crippen MR) is 135 cm³/mol. The molecule has 0 aliphatic carbocycles. The topological polar surface area (TPSA) is 126 Å². The maximum absolute atomic E-state index is 16.1. The molecule has 6 rings (SSSR count). The zero-order valence-electron chi connectivity index (χ0n) is 19.8. The first kappa shape index (κ1) is 24.8. The quantitative estimate of drug-likeness (QED) is 0.312. The van der Waals surface area contributed by atoms with E-state index in [0.717, 1.165) is 0 Å². The Labute approximate surface area is 223 Å². The largest absolute Gasteiger partial charge is 0.493 e. The molecule has 2 saturated heterocycles. The highest BCUT2D eigenvalue weighted by atomic mass is 35.5. The minimum atomic E-state index is -1.03. The average Bonchev–Trinajstić information content (AvgIpc) is 3.40. The number of piperazine rings is 1. The van der Waals surface area contributed by atoms with Crippen LogP contribution in [0, 0.1) is 11.6 Å². The lowest BCUT2D eigenvalue weighted by Crippen LogP contribution is -2.61. The zero-order chi connectivity index (χ0) is 26.9. The van der Waals surface area contributed by atoms with Gasteiger partial charge in [-0.15, -0.1) is 0 Å². The van der Waals surface area contributed by atoms with Crippen LogP contribution in [0.15, 0.2) is 18.3 Å². The van der Waals surface area contributed by atoms with Crippen molar-refractivity contribution in [3.05, 3.63) is 40.3 Å².